The third-order valence-electron chi connectivity index (χ3n) is 2.69. The van der Waals surface area contributed by atoms with E-state index in [1.807, 2.05) is 48.0 Å². The predicted octanol–water partition coefficient (Wildman–Crippen LogP) is 3.82. The van der Waals surface area contributed by atoms with Crippen molar-refractivity contribution in [2.24, 2.45) is 0 Å². The Morgan fingerprint density at radius 2 is 2.17 bits per heavy atom. The van der Waals surface area contributed by atoms with Gasteiger partial charge in [-0.2, -0.15) is 11.3 Å². The van der Waals surface area contributed by atoms with Gasteiger partial charge in [-0.25, -0.2) is 0 Å². The van der Waals surface area contributed by atoms with E-state index >= 15 is 0 Å². The highest BCUT2D eigenvalue weighted by Gasteiger charge is 2.12. The lowest BCUT2D eigenvalue weighted by Gasteiger charge is -2.15. The average Bonchev–Trinajstić information content (AvgIpc) is 2.82. The quantitative estimate of drug-likeness (QED) is 0.906. The van der Waals surface area contributed by atoms with Crippen LogP contribution in [0.1, 0.15) is 24.1 Å². The molecule has 1 amide bonds. The fourth-order valence-electron chi connectivity index (χ4n) is 1.78. The third kappa shape index (κ3) is 3.34. The van der Waals surface area contributed by atoms with Gasteiger partial charge in [-0.05, 0) is 40.9 Å². The molecular formula is C14H14ClNOS. The molecule has 2 nitrogen and oxygen atoms in total. The van der Waals surface area contributed by atoms with Crippen LogP contribution in [-0.2, 0) is 11.2 Å². The molecule has 4 heteroatoms. The Bertz CT molecular complexity index is 524. The van der Waals surface area contributed by atoms with E-state index in [-0.39, 0.29) is 11.9 Å². The largest absolute Gasteiger partial charge is 0.349 e. The molecule has 1 heterocycles. The summed E-state index contributed by atoms with van der Waals surface area (Å²) in [5.74, 6) is 0.0146. The number of nitrogens with one attached hydrogen (secondary N) is 1. The van der Waals surface area contributed by atoms with Gasteiger partial charge in [0.2, 0.25) is 5.91 Å². The standard InChI is InChI=1S/C14H14ClNOS/c1-10(12-4-2-3-5-13(12)15)16-14(17)8-11-6-7-18-9-11/h2-7,9-10H,8H2,1H3,(H,16,17)/t10-/m0/s1. The van der Waals surface area contributed by atoms with Gasteiger partial charge in [-0.3, -0.25) is 4.79 Å². The van der Waals surface area contributed by atoms with E-state index in [4.69, 9.17) is 11.6 Å². The second-order valence-corrected chi connectivity index (χ2v) is 5.31. The zero-order valence-corrected chi connectivity index (χ0v) is 11.6. The summed E-state index contributed by atoms with van der Waals surface area (Å²) in [5, 5.41) is 7.60. The molecule has 1 aromatic heterocycles. The number of hydrogen-bond acceptors (Lipinski definition) is 2. The van der Waals surface area contributed by atoms with Crippen LogP contribution < -0.4 is 5.32 Å². The molecule has 0 bridgehead atoms. The van der Waals surface area contributed by atoms with Crippen molar-refractivity contribution in [1.29, 1.82) is 0 Å². The predicted molar refractivity (Wildman–Crippen MR) is 76.0 cm³/mol. The normalized spacial score (nSPS) is 12.1. The lowest BCUT2D eigenvalue weighted by molar-refractivity contribution is -0.121. The molecule has 0 aliphatic rings. The molecule has 0 aliphatic carbocycles. The minimum Gasteiger partial charge on any atom is -0.349 e. The van der Waals surface area contributed by atoms with Crippen LogP contribution in [0.3, 0.4) is 0 Å². The van der Waals surface area contributed by atoms with Crippen LogP contribution >= 0.6 is 22.9 Å². The van der Waals surface area contributed by atoms with Crippen molar-refractivity contribution in [2.75, 3.05) is 0 Å². The second-order valence-electron chi connectivity index (χ2n) is 4.12. The number of halogens is 1. The van der Waals surface area contributed by atoms with Crippen molar-refractivity contribution in [3.8, 4) is 0 Å². The van der Waals surface area contributed by atoms with Crippen molar-refractivity contribution in [3.63, 3.8) is 0 Å². The smallest absolute Gasteiger partial charge is 0.224 e. The molecular weight excluding hydrogens is 266 g/mol. The number of benzene rings is 1. The Hall–Kier alpha value is -1.32. The van der Waals surface area contributed by atoms with Gasteiger partial charge in [0, 0.05) is 5.02 Å². The lowest BCUT2D eigenvalue weighted by atomic mass is 10.1. The van der Waals surface area contributed by atoms with E-state index in [1.54, 1.807) is 11.3 Å². The van der Waals surface area contributed by atoms with Crippen LogP contribution in [0.15, 0.2) is 41.1 Å². The molecule has 0 spiro atoms. The summed E-state index contributed by atoms with van der Waals surface area (Å²) in [6.45, 7) is 1.94. The molecule has 0 fully saturated rings. The van der Waals surface area contributed by atoms with Gasteiger partial charge in [0.1, 0.15) is 0 Å². The molecule has 0 saturated heterocycles. The summed E-state index contributed by atoms with van der Waals surface area (Å²) in [7, 11) is 0. The van der Waals surface area contributed by atoms with E-state index in [1.165, 1.54) is 0 Å². The highest BCUT2D eigenvalue weighted by atomic mass is 35.5. The van der Waals surface area contributed by atoms with Crippen LogP contribution in [0.2, 0.25) is 5.02 Å². The topological polar surface area (TPSA) is 29.1 Å². The zero-order chi connectivity index (χ0) is 13.0. The molecule has 1 aromatic carbocycles. The summed E-state index contributed by atoms with van der Waals surface area (Å²) < 4.78 is 0. The molecule has 0 radical (unpaired) electrons. The number of thiophene rings is 1. The first kappa shape index (κ1) is 13.1. The molecule has 0 saturated carbocycles. The molecule has 0 unspecified atom stereocenters. The minimum absolute atomic E-state index is 0.0146. The zero-order valence-electron chi connectivity index (χ0n) is 10.0. The van der Waals surface area contributed by atoms with Crippen LogP contribution in [0.4, 0.5) is 0 Å². The van der Waals surface area contributed by atoms with E-state index < -0.39 is 0 Å². The van der Waals surface area contributed by atoms with E-state index in [0.29, 0.717) is 11.4 Å². The van der Waals surface area contributed by atoms with Crippen LogP contribution in [0.25, 0.3) is 0 Å². The summed E-state index contributed by atoms with van der Waals surface area (Å²) in [5.41, 5.74) is 1.99. The monoisotopic (exact) mass is 279 g/mol. The number of hydrogen-bond donors (Lipinski definition) is 1. The maximum atomic E-state index is 11.9. The fraction of sp³-hybridized carbons (Fsp3) is 0.214. The second kappa shape index (κ2) is 6.03. The third-order valence-corrected chi connectivity index (χ3v) is 3.77. The van der Waals surface area contributed by atoms with Crippen molar-refractivity contribution in [1.82, 2.24) is 5.32 Å². The van der Waals surface area contributed by atoms with Crippen molar-refractivity contribution in [3.05, 3.63) is 57.2 Å². The number of carbonyl (C=O) groups is 1. The maximum absolute atomic E-state index is 11.9. The van der Waals surface area contributed by atoms with Crippen LogP contribution in [0.5, 0.6) is 0 Å². The van der Waals surface area contributed by atoms with Gasteiger partial charge in [0.05, 0.1) is 12.5 Å². The first-order valence-corrected chi connectivity index (χ1v) is 7.04. The van der Waals surface area contributed by atoms with Gasteiger partial charge in [0.15, 0.2) is 0 Å². The molecule has 1 N–H and O–H groups in total. The van der Waals surface area contributed by atoms with E-state index in [9.17, 15) is 4.79 Å². The molecule has 1 atom stereocenters. The molecule has 18 heavy (non-hydrogen) atoms. The van der Waals surface area contributed by atoms with Gasteiger partial charge < -0.3 is 5.32 Å². The van der Waals surface area contributed by atoms with Crippen LogP contribution in [0, 0.1) is 0 Å². The van der Waals surface area contributed by atoms with E-state index in [0.717, 1.165) is 11.1 Å². The van der Waals surface area contributed by atoms with Crippen molar-refractivity contribution >= 4 is 28.8 Å². The lowest BCUT2D eigenvalue weighted by Crippen LogP contribution is -2.28. The first-order chi connectivity index (χ1) is 8.66. The molecule has 2 aromatic rings. The molecule has 2 rings (SSSR count). The van der Waals surface area contributed by atoms with Gasteiger partial charge in [-0.1, -0.05) is 29.8 Å². The van der Waals surface area contributed by atoms with Crippen LogP contribution in [-0.4, -0.2) is 5.91 Å². The van der Waals surface area contributed by atoms with Crippen molar-refractivity contribution < 1.29 is 4.79 Å². The Morgan fingerprint density at radius 3 is 2.83 bits per heavy atom. The minimum atomic E-state index is -0.0789. The Morgan fingerprint density at radius 1 is 1.39 bits per heavy atom. The fourth-order valence-corrected chi connectivity index (χ4v) is 2.74. The maximum Gasteiger partial charge on any atom is 0.224 e. The van der Waals surface area contributed by atoms with Gasteiger partial charge in [-0.15, -0.1) is 0 Å². The van der Waals surface area contributed by atoms with Gasteiger partial charge >= 0.3 is 0 Å². The SMILES string of the molecule is C[C@H](NC(=O)Cc1ccsc1)c1ccccc1Cl. The number of rotatable bonds is 4. The Balaban J connectivity index is 1.97. The highest BCUT2D eigenvalue weighted by Crippen LogP contribution is 2.22. The van der Waals surface area contributed by atoms with Gasteiger partial charge in [0.25, 0.3) is 0 Å². The Kier molecular flexibility index (Phi) is 4.39. The summed E-state index contributed by atoms with van der Waals surface area (Å²) in [6, 6.07) is 9.44. The molecule has 0 aliphatic heterocycles. The summed E-state index contributed by atoms with van der Waals surface area (Å²) in [6.07, 6.45) is 0.415. The highest BCUT2D eigenvalue weighted by molar-refractivity contribution is 7.07. The number of amides is 1. The van der Waals surface area contributed by atoms with Crippen molar-refractivity contribution in [2.45, 2.75) is 19.4 Å². The Labute approximate surface area is 116 Å². The summed E-state index contributed by atoms with van der Waals surface area (Å²) in [4.78, 5) is 11.9. The van der Waals surface area contributed by atoms with E-state index in [2.05, 4.69) is 5.32 Å². The number of carbonyl (C=O) groups excluding carboxylic acids is 1. The first-order valence-electron chi connectivity index (χ1n) is 5.71. The molecule has 94 valence electrons. The average molecular weight is 280 g/mol. The summed E-state index contributed by atoms with van der Waals surface area (Å²) >= 11 is 7.69.